The van der Waals surface area contributed by atoms with E-state index < -0.39 is 0 Å². The molecule has 0 aliphatic carbocycles. The Labute approximate surface area is 198 Å². The molecule has 5 aromatic rings. The van der Waals surface area contributed by atoms with E-state index in [0.717, 1.165) is 32.6 Å². The number of aromatic nitrogens is 5. The summed E-state index contributed by atoms with van der Waals surface area (Å²) in [6.07, 6.45) is 3.24. The molecule has 0 bridgehead atoms. The van der Waals surface area contributed by atoms with E-state index in [-0.39, 0.29) is 11.7 Å². The summed E-state index contributed by atoms with van der Waals surface area (Å²) in [6.45, 7) is 4.58. The van der Waals surface area contributed by atoms with Gasteiger partial charge in [0.2, 0.25) is 5.91 Å². The van der Waals surface area contributed by atoms with E-state index in [4.69, 9.17) is 4.74 Å². The van der Waals surface area contributed by atoms with Gasteiger partial charge in [0.15, 0.2) is 10.8 Å². The van der Waals surface area contributed by atoms with E-state index in [9.17, 15) is 4.79 Å². The Morgan fingerprint density at radius 1 is 1.21 bits per heavy atom. The first-order valence-corrected chi connectivity index (χ1v) is 12.1. The number of rotatable bonds is 7. The minimum absolute atomic E-state index is 0.151. The summed E-state index contributed by atoms with van der Waals surface area (Å²) in [7, 11) is 0. The molecule has 0 fully saturated rings. The number of thioether (sulfide) groups is 1. The van der Waals surface area contributed by atoms with E-state index in [2.05, 4.69) is 25.4 Å². The lowest BCUT2D eigenvalue weighted by molar-refractivity contribution is -0.113. The normalized spacial score (nSPS) is 11.2. The third-order valence-electron chi connectivity index (χ3n) is 4.93. The Morgan fingerprint density at radius 3 is 2.94 bits per heavy atom. The van der Waals surface area contributed by atoms with E-state index in [1.165, 1.54) is 29.4 Å². The van der Waals surface area contributed by atoms with Crippen LogP contribution in [0.2, 0.25) is 0 Å². The highest BCUT2D eigenvalue weighted by Crippen LogP contribution is 2.30. The van der Waals surface area contributed by atoms with Gasteiger partial charge in [0.05, 0.1) is 39.8 Å². The molecule has 0 aliphatic rings. The Balaban J connectivity index is 1.30. The van der Waals surface area contributed by atoms with Gasteiger partial charge in [0, 0.05) is 0 Å². The maximum absolute atomic E-state index is 12.6. The van der Waals surface area contributed by atoms with Crippen molar-refractivity contribution in [2.45, 2.75) is 18.9 Å². The van der Waals surface area contributed by atoms with Crippen molar-refractivity contribution in [2.24, 2.45) is 0 Å². The molecule has 33 heavy (non-hydrogen) atoms. The quantitative estimate of drug-likeness (QED) is 0.265. The molecule has 1 amide bonds. The van der Waals surface area contributed by atoms with Gasteiger partial charge in [-0.25, -0.2) is 19.6 Å². The van der Waals surface area contributed by atoms with Gasteiger partial charge in [0.1, 0.15) is 17.1 Å². The average Bonchev–Trinajstić information content (AvgIpc) is 3.42. The van der Waals surface area contributed by atoms with Crippen LogP contribution in [0, 0.1) is 6.92 Å². The molecule has 0 unspecified atom stereocenters. The highest BCUT2D eigenvalue weighted by Gasteiger charge is 2.15. The molecule has 5 rings (SSSR count). The SMILES string of the molecule is CCOc1ccc2nc(NC(=O)CSc3ncnc4c3cnn4-c3ccccc3C)sc2c1. The van der Waals surface area contributed by atoms with Crippen LogP contribution in [0.4, 0.5) is 5.13 Å². The first-order chi connectivity index (χ1) is 16.1. The second-order valence-electron chi connectivity index (χ2n) is 7.18. The van der Waals surface area contributed by atoms with Crippen molar-refractivity contribution in [3.05, 3.63) is 60.6 Å². The van der Waals surface area contributed by atoms with Gasteiger partial charge in [-0.3, -0.25) is 4.79 Å². The van der Waals surface area contributed by atoms with E-state index >= 15 is 0 Å². The molecule has 166 valence electrons. The van der Waals surface area contributed by atoms with Gasteiger partial charge >= 0.3 is 0 Å². The van der Waals surface area contributed by atoms with Crippen molar-refractivity contribution in [1.29, 1.82) is 0 Å². The Bertz CT molecular complexity index is 1460. The summed E-state index contributed by atoms with van der Waals surface area (Å²) < 4.78 is 8.30. The van der Waals surface area contributed by atoms with Gasteiger partial charge in [-0.1, -0.05) is 41.3 Å². The molecule has 0 saturated heterocycles. The molecule has 0 aliphatic heterocycles. The number of carbonyl (C=O) groups is 1. The summed E-state index contributed by atoms with van der Waals surface area (Å²) in [5.41, 5.74) is 3.59. The second-order valence-corrected chi connectivity index (χ2v) is 9.17. The number of nitrogens with one attached hydrogen (secondary N) is 1. The van der Waals surface area contributed by atoms with Crippen molar-refractivity contribution < 1.29 is 9.53 Å². The molecule has 0 spiro atoms. The van der Waals surface area contributed by atoms with Crippen LogP contribution in [-0.4, -0.2) is 43.0 Å². The van der Waals surface area contributed by atoms with Crippen LogP contribution >= 0.6 is 23.1 Å². The molecule has 0 radical (unpaired) electrons. The van der Waals surface area contributed by atoms with Gasteiger partial charge in [-0.05, 0) is 43.7 Å². The zero-order chi connectivity index (χ0) is 22.8. The van der Waals surface area contributed by atoms with E-state index in [1.54, 1.807) is 10.9 Å². The van der Waals surface area contributed by atoms with Crippen LogP contribution in [0.15, 0.2) is 60.0 Å². The number of thiazole rings is 1. The number of fused-ring (bicyclic) bond motifs is 2. The number of aryl methyl sites for hydroxylation is 1. The maximum Gasteiger partial charge on any atom is 0.236 e. The van der Waals surface area contributed by atoms with Crippen LogP contribution in [0.25, 0.3) is 26.9 Å². The second kappa shape index (κ2) is 9.16. The highest BCUT2D eigenvalue weighted by molar-refractivity contribution is 8.00. The van der Waals surface area contributed by atoms with Crippen LogP contribution in [0.5, 0.6) is 5.75 Å². The number of carbonyl (C=O) groups excluding carboxylic acids is 1. The number of para-hydroxylation sites is 1. The first kappa shape index (κ1) is 21.4. The topological polar surface area (TPSA) is 94.8 Å². The van der Waals surface area contributed by atoms with Crippen LogP contribution in [0.1, 0.15) is 12.5 Å². The van der Waals surface area contributed by atoms with Crippen molar-refractivity contribution in [2.75, 3.05) is 17.7 Å². The van der Waals surface area contributed by atoms with Crippen LogP contribution < -0.4 is 10.1 Å². The fourth-order valence-corrected chi connectivity index (χ4v) is 5.09. The Hall–Kier alpha value is -3.50. The van der Waals surface area contributed by atoms with Gasteiger partial charge in [-0.2, -0.15) is 5.10 Å². The standard InChI is InChI=1S/C23H20N6O2S2/c1-3-31-15-8-9-17-19(10-15)33-23(27-17)28-20(30)12-32-22-16-11-26-29(21(16)24-13-25-22)18-7-5-4-6-14(18)2/h4-11,13H,3,12H2,1-2H3,(H,27,28,30). The van der Waals surface area contributed by atoms with Crippen LogP contribution in [0.3, 0.4) is 0 Å². The third-order valence-corrected chi connectivity index (χ3v) is 6.87. The molecule has 8 nitrogen and oxygen atoms in total. The summed E-state index contributed by atoms with van der Waals surface area (Å²) in [6, 6.07) is 13.7. The maximum atomic E-state index is 12.6. The van der Waals surface area contributed by atoms with Crippen molar-refractivity contribution in [3.8, 4) is 11.4 Å². The van der Waals surface area contributed by atoms with E-state index in [0.29, 0.717) is 22.4 Å². The van der Waals surface area contributed by atoms with Gasteiger partial charge < -0.3 is 10.1 Å². The molecule has 3 heterocycles. The molecular formula is C23H20N6O2S2. The molecule has 1 N–H and O–H groups in total. The number of benzene rings is 2. The number of nitrogens with zero attached hydrogens (tertiary/aromatic N) is 5. The minimum Gasteiger partial charge on any atom is -0.494 e. The molecule has 3 aromatic heterocycles. The monoisotopic (exact) mass is 476 g/mol. The van der Waals surface area contributed by atoms with E-state index in [1.807, 2.05) is 56.3 Å². The smallest absolute Gasteiger partial charge is 0.236 e. The fourth-order valence-electron chi connectivity index (χ4n) is 3.42. The largest absolute Gasteiger partial charge is 0.494 e. The van der Waals surface area contributed by atoms with Gasteiger partial charge in [-0.15, -0.1) is 0 Å². The zero-order valence-electron chi connectivity index (χ0n) is 18.0. The summed E-state index contributed by atoms with van der Waals surface area (Å²) in [5.74, 6) is 0.838. The lowest BCUT2D eigenvalue weighted by atomic mass is 10.2. The summed E-state index contributed by atoms with van der Waals surface area (Å²) >= 11 is 2.77. The van der Waals surface area contributed by atoms with Gasteiger partial charge in [0.25, 0.3) is 0 Å². The summed E-state index contributed by atoms with van der Waals surface area (Å²) in [4.78, 5) is 25.9. The van der Waals surface area contributed by atoms with Crippen molar-refractivity contribution >= 4 is 55.4 Å². The first-order valence-electron chi connectivity index (χ1n) is 10.3. The number of anilines is 1. The zero-order valence-corrected chi connectivity index (χ0v) is 19.6. The van der Waals surface area contributed by atoms with Crippen molar-refractivity contribution in [1.82, 2.24) is 24.7 Å². The highest BCUT2D eigenvalue weighted by atomic mass is 32.2. The molecule has 0 atom stereocenters. The molecule has 10 heteroatoms. The molecular weight excluding hydrogens is 456 g/mol. The van der Waals surface area contributed by atoms with Crippen molar-refractivity contribution in [3.63, 3.8) is 0 Å². The number of amides is 1. The fraction of sp³-hybridized carbons (Fsp3) is 0.174. The molecule has 0 saturated carbocycles. The number of hydrogen-bond donors (Lipinski definition) is 1. The Kier molecular flexibility index (Phi) is 5.93. The lowest BCUT2D eigenvalue weighted by Crippen LogP contribution is -2.13. The number of hydrogen-bond acceptors (Lipinski definition) is 8. The predicted molar refractivity (Wildman–Crippen MR) is 132 cm³/mol. The molecule has 2 aromatic carbocycles. The lowest BCUT2D eigenvalue weighted by Gasteiger charge is -2.06. The summed E-state index contributed by atoms with van der Waals surface area (Å²) in [5, 5.41) is 9.47. The van der Waals surface area contributed by atoms with Crippen LogP contribution in [-0.2, 0) is 4.79 Å². The third kappa shape index (κ3) is 4.39. The number of ether oxygens (including phenoxy) is 1. The predicted octanol–water partition coefficient (Wildman–Crippen LogP) is 4.86. The minimum atomic E-state index is -0.151. The Morgan fingerprint density at radius 2 is 2.09 bits per heavy atom. The average molecular weight is 477 g/mol.